The van der Waals surface area contributed by atoms with Gasteiger partial charge in [-0.15, -0.1) is 24.8 Å². The van der Waals surface area contributed by atoms with Gasteiger partial charge in [-0.05, 0) is 24.6 Å². The van der Waals surface area contributed by atoms with E-state index in [1.165, 1.54) is 0 Å². The third-order valence-corrected chi connectivity index (χ3v) is 3.53. The van der Waals surface area contributed by atoms with Crippen molar-refractivity contribution in [2.24, 2.45) is 0 Å². The number of ether oxygens (including phenoxy) is 1. The van der Waals surface area contributed by atoms with Crippen molar-refractivity contribution in [1.82, 2.24) is 20.0 Å². The second-order valence-corrected chi connectivity index (χ2v) is 4.95. The van der Waals surface area contributed by atoms with Crippen LogP contribution in [0.3, 0.4) is 0 Å². The molecule has 0 unspecified atom stereocenters. The van der Waals surface area contributed by atoms with Gasteiger partial charge in [0.2, 0.25) is 5.91 Å². The van der Waals surface area contributed by atoms with Crippen molar-refractivity contribution in [3.8, 4) is 0 Å². The normalized spacial score (nSPS) is 20.8. The van der Waals surface area contributed by atoms with E-state index in [2.05, 4.69) is 15.6 Å². The summed E-state index contributed by atoms with van der Waals surface area (Å²) in [6.45, 7) is 3.77. The third-order valence-electron chi connectivity index (χ3n) is 3.53. The van der Waals surface area contributed by atoms with E-state index in [9.17, 15) is 4.79 Å². The Hall–Kier alpha value is -1.34. The van der Waals surface area contributed by atoms with Crippen molar-refractivity contribution < 1.29 is 9.53 Å². The molecule has 0 spiro atoms. The molecule has 2 atom stereocenters. The zero-order chi connectivity index (χ0) is 13.9. The summed E-state index contributed by atoms with van der Waals surface area (Å²) in [6, 6.07) is 3.66. The van der Waals surface area contributed by atoms with Crippen molar-refractivity contribution >= 4 is 36.4 Å². The number of nitrogens with one attached hydrogen (secondary N) is 2. The Balaban J connectivity index is 0.00000121. The molecule has 0 radical (unpaired) electrons. The second-order valence-electron chi connectivity index (χ2n) is 4.95. The first-order valence-corrected chi connectivity index (χ1v) is 6.78. The molecule has 1 amide bonds. The minimum absolute atomic E-state index is 0. The van der Waals surface area contributed by atoms with E-state index in [1.807, 2.05) is 35.9 Å². The molecule has 2 N–H and O–H groups in total. The number of imidazole rings is 1. The standard InChI is InChI=1S/C14H18N4O2.2ClH/c1-10-13(16-4-7-20-10)14(19)17-9-11-2-5-18-6-3-15-12(18)8-11;;/h2-3,5-6,8,10,13,16H,4,7,9H2,1H3,(H,17,19);2*1H/t10-,13+;;/m1../s1. The summed E-state index contributed by atoms with van der Waals surface area (Å²) in [5, 5.41) is 6.11. The van der Waals surface area contributed by atoms with E-state index in [0.717, 1.165) is 11.2 Å². The van der Waals surface area contributed by atoms with Crippen LogP contribution < -0.4 is 10.6 Å². The van der Waals surface area contributed by atoms with Gasteiger partial charge in [0.05, 0.1) is 12.7 Å². The number of nitrogens with zero attached hydrogens (tertiary/aromatic N) is 2. The Bertz CT molecular complexity index is 620. The number of fused-ring (bicyclic) bond motifs is 1. The Labute approximate surface area is 141 Å². The summed E-state index contributed by atoms with van der Waals surface area (Å²) in [6.07, 6.45) is 5.48. The molecular formula is C14H20Cl2N4O2. The monoisotopic (exact) mass is 346 g/mol. The summed E-state index contributed by atoms with van der Waals surface area (Å²) >= 11 is 0. The number of carbonyl (C=O) groups excluding carboxylic acids is 1. The molecular weight excluding hydrogens is 327 g/mol. The van der Waals surface area contributed by atoms with E-state index < -0.39 is 0 Å². The maximum Gasteiger partial charge on any atom is 0.240 e. The lowest BCUT2D eigenvalue weighted by molar-refractivity contribution is -0.129. The summed E-state index contributed by atoms with van der Waals surface area (Å²) in [5.74, 6) is -0.0274. The van der Waals surface area contributed by atoms with Gasteiger partial charge < -0.3 is 19.8 Å². The largest absolute Gasteiger partial charge is 0.375 e. The first-order chi connectivity index (χ1) is 9.74. The SMILES string of the molecule is C[C@H]1OCCN[C@@H]1C(=O)NCc1ccn2ccnc2c1.Cl.Cl. The molecule has 2 aromatic rings. The van der Waals surface area contributed by atoms with E-state index in [1.54, 1.807) is 6.20 Å². The quantitative estimate of drug-likeness (QED) is 0.875. The summed E-state index contributed by atoms with van der Waals surface area (Å²) in [5.41, 5.74) is 1.91. The molecule has 1 saturated heterocycles. The Morgan fingerprint density at radius 1 is 1.50 bits per heavy atom. The van der Waals surface area contributed by atoms with Crippen molar-refractivity contribution in [2.45, 2.75) is 25.6 Å². The fourth-order valence-electron chi connectivity index (χ4n) is 2.39. The van der Waals surface area contributed by atoms with E-state index >= 15 is 0 Å². The summed E-state index contributed by atoms with van der Waals surface area (Å²) < 4.78 is 7.41. The number of hydrogen-bond donors (Lipinski definition) is 2. The average molecular weight is 347 g/mol. The fraction of sp³-hybridized carbons (Fsp3) is 0.429. The molecule has 0 aliphatic carbocycles. The number of rotatable bonds is 3. The second kappa shape index (κ2) is 8.33. The van der Waals surface area contributed by atoms with Crippen LogP contribution in [0.2, 0.25) is 0 Å². The van der Waals surface area contributed by atoms with Gasteiger partial charge in [0.15, 0.2) is 0 Å². The van der Waals surface area contributed by atoms with Gasteiger partial charge in [-0.2, -0.15) is 0 Å². The smallest absolute Gasteiger partial charge is 0.240 e. The molecule has 1 aliphatic heterocycles. The van der Waals surface area contributed by atoms with Crippen LogP contribution in [-0.4, -0.2) is 40.6 Å². The molecule has 0 bridgehead atoms. The number of aromatic nitrogens is 2. The van der Waals surface area contributed by atoms with Crippen molar-refractivity contribution in [2.75, 3.05) is 13.2 Å². The van der Waals surface area contributed by atoms with E-state index in [-0.39, 0.29) is 42.9 Å². The van der Waals surface area contributed by atoms with Crippen LogP contribution in [0, 0.1) is 0 Å². The molecule has 3 heterocycles. The van der Waals surface area contributed by atoms with Crippen molar-refractivity contribution in [1.29, 1.82) is 0 Å². The van der Waals surface area contributed by atoms with E-state index in [4.69, 9.17) is 4.74 Å². The minimum atomic E-state index is -0.279. The maximum absolute atomic E-state index is 12.1. The molecule has 6 nitrogen and oxygen atoms in total. The topological polar surface area (TPSA) is 67.7 Å². The highest BCUT2D eigenvalue weighted by Crippen LogP contribution is 2.07. The highest BCUT2D eigenvalue weighted by Gasteiger charge is 2.27. The number of morpholine rings is 1. The van der Waals surface area contributed by atoms with Gasteiger partial charge in [-0.1, -0.05) is 0 Å². The molecule has 0 saturated carbocycles. The molecule has 122 valence electrons. The predicted molar refractivity (Wildman–Crippen MR) is 88.7 cm³/mol. The lowest BCUT2D eigenvalue weighted by Gasteiger charge is -2.29. The van der Waals surface area contributed by atoms with E-state index in [0.29, 0.717) is 19.7 Å². The van der Waals surface area contributed by atoms with Crippen LogP contribution >= 0.6 is 24.8 Å². The molecule has 22 heavy (non-hydrogen) atoms. The van der Waals surface area contributed by atoms with Crippen LogP contribution in [0.4, 0.5) is 0 Å². The van der Waals surface area contributed by atoms with Crippen LogP contribution in [0.15, 0.2) is 30.7 Å². The Kier molecular flexibility index (Phi) is 7.09. The highest BCUT2D eigenvalue weighted by atomic mass is 35.5. The number of carbonyl (C=O) groups is 1. The van der Waals surface area contributed by atoms with Crippen LogP contribution in [-0.2, 0) is 16.1 Å². The lowest BCUT2D eigenvalue weighted by Crippen LogP contribution is -2.55. The number of halogens is 2. The van der Waals surface area contributed by atoms with Gasteiger partial charge in [0, 0.05) is 31.7 Å². The number of hydrogen-bond acceptors (Lipinski definition) is 4. The highest BCUT2D eigenvalue weighted by molar-refractivity contribution is 5.85. The zero-order valence-electron chi connectivity index (χ0n) is 12.2. The first-order valence-electron chi connectivity index (χ1n) is 6.78. The van der Waals surface area contributed by atoms with Crippen LogP contribution in [0.5, 0.6) is 0 Å². The van der Waals surface area contributed by atoms with Gasteiger partial charge in [0.25, 0.3) is 0 Å². The molecule has 3 rings (SSSR count). The van der Waals surface area contributed by atoms with Crippen LogP contribution in [0.1, 0.15) is 12.5 Å². The zero-order valence-corrected chi connectivity index (χ0v) is 13.8. The molecule has 2 aromatic heterocycles. The summed E-state index contributed by atoms with van der Waals surface area (Å²) in [4.78, 5) is 16.3. The van der Waals surface area contributed by atoms with Gasteiger partial charge in [-0.25, -0.2) is 4.98 Å². The lowest BCUT2D eigenvalue weighted by atomic mass is 10.1. The molecule has 8 heteroatoms. The van der Waals surface area contributed by atoms with Gasteiger partial charge in [0.1, 0.15) is 11.7 Å². The van der Waals surface area contributed by atoms with Crippen molar-refractivity contribution in [3.05, 3.63) is 36.3 Å². The third kappa shape index (κ3) is 4.10. The Morgan fingerprint density at radius 2 is 2.32 bits per heavy atom. The van der Waals surface area contributed by atoms with Gasteiger partial charge in [-0.3, -0.25) is 4.79 Å². The van der Waals surface area contributed by atoms with Gasteiger partial charge >= 0.3 is 0 Å². The predicted octanol–water partition coefficient (Wildman–Crippen LogP) is 1.17. The van der Waals surface area contributed by atoms with Crippen molar-refractivity contribution in [3.63, 3.8) is 0 Å². The molecule has 1 fully saturated rings. The average Bonchev–Trinajstić information content (AvgIpc) is 2.92. The minimum Gasteiger partial charge on any atom is -0.375 e. The number of pyridine rings is 1. The summed E-state index contributed by atoms with van der Waals surface area (Å²) in [7, 11) is 0. The van der Waals surface area contributed by atoms with Crippen LogP contribution in [0.25, 0.3) is 5.65 Å². The maximum atomic E-state index is 12.1. The molecule has 0 aromatic carbocycles. The first kappa shape index (κ1) is 18.7. The number of amides is 1. The molecule has 1 aliphatic rings. The fourth-order valence-corrected chi connectivity index (χ4v) is 2.39. The Morgan fingerprint density at radius 3 is 3.09 bits per heavy atom.